The summed E-state index contributed by atoms with van der Waals surface area (Å²) in [6.45, 7) is 3.15. The second-order valence-corrected chi connectivity index (χ2v) is 4.56. The van der Waals surface area contributed by atoms with Gasteiger partial charge in [0.1, 0.15) is 0 Å². The van der Waals surface area contributed by atoms with Crippen molar-refractivity contribution in [3.8, 4) is 0 Å². The quantitative estimate of drug-likeness (QED) is 0.795. The molecule has 0 aliphatic heterocycles. The molecule has 0 aliphatic rings. The van der Waals surface area contributed by atoms with E-state index < -0.39 is 0 Å². The smallest absolute Gasteiger partial charge is 0.0414 e. The standard InChI is InChI=1S/C12H16N2S/c1-2-11(12-4-3-7-15-12)14-9-10-5-6-13-8-10/h3-8,11,13-14H,2,9H2,1H3. The van der Waals surface area contributed by atoms with Gasteiger partial charge in [0.15, 0.2) is 0 Å². The van der Waals surface area contributed by atoms with Crippen LogP contribution in [0.3, 0.4) is 0 Å². The molecular weight excluding hydrogens is 204 g/mol. The van der Waals surface area contributed by atoms with Gasteiger partial charge in [-0.2, -0.15) is 0 Å². The first-order valence-corrected chi connectivity index (χ1v) is 6.16. The van der Waals surface area contributed by atoms with Gasteiger partial charge in [-0.1, -0.05) is 13.0 Å². The van der Waals surface area contributed by atoms with Crippen molar-refractivity contribution >= 4 is 11.3 Å². The third-order valence-corrected chi connectivity index (χ3v) is 3.50. The summed E-state index contributed by atoms with van der Waals surface area (Å²) in [4.78, 5) is 4.49. The molecule has 0 spiro atoms. The van der Waals surface area contributed by atoms with Crippen molar-refractivity contribution in [2.24, 2.45) is 0 Å². The van der Waals surface area contributed by atoms with Crippen LogP contribution in [0.25, 0.3) is 0 Å². The number of rotatable bonds is 5. The van der Waals surface area contributed by atoms with Crippen molar-refractivity contribution in [3.05, 3.63) is 46.4 Å². The first kappa shape index (κ1) is 10.5. The van der Waals surface area contributed by atoms with Crippen LogP contribution in [0.4, 0.5) is 0 Å². The van der Waals surface area contributed by atoms with Crippen LogP contribution in [0.5, 0.6) is 0 Å². The maximum atomic E-state index is 3.56. The molecule has 2 rings (SSSR count). The zero-order valence-electron chi connectivity index (χ0n) is 8.86. The summed E-state index contributed by atoms with van der Waals surface area (Å²) in [6, 6.07) is 6.90. The Hall–Kier alpha value is -1.06. The minimum atomic E-state index is 0.486. The predicted molar refractivity (Wildman–Crippen MR) is 65.0 cm³/mol. The van der Waals surface area contributed by atoms with Crippen molar-refractivity contribution in [3.63, 3.8) is 0 Å². The van der Waals surface area contributed by atoms with Crippen molar-refractivity contribution in [1.82, 2.24) is 10.3 Å². The highest BCUT2D eigenvalue weighted by Crippen LogP contribution is 2.21. The van der Waals surface area contributed by atoms with E-state index >= 15 is 0 Å². The summed E-state index contributed by atoms with van der Waals surface area (Å²) in [5, 5.41) is 5.70. The zero-order chi connectivity index (χ0) is 10.5. The number of nitrogens with one attached hydrogen (secondary N) is 2. The lowest BCUT2D eigenvalue weighted by Gasteiger charge is -2.14. The van der Waals surface area contributed by atoms with Gasteiger partial charge in [-0.15, -0.1) is 11.3 Å². The summed E-state index contributed by atoms with van der Waals surface area (Å²) in [6.07, 6.45) is 5.13. The Labute approximate surface area is 94.3 Å². The molecule has 2 aromatic rings. The molecule has 0 saturated heterocycles. The van der Waals surface area contributed by atoms with E-state index in [0.717, 1.165) is 13.0 Å². The molecule has 2 aromatic heterocycles. The van der Waals surface area contributed by atoms with Gasteiger partial charge >= 0.3 is 0 Å². The third-order valence-electron chi connectivity index (χ3n) is 2.51. The van der Waals surface area contributed by atoms with Crippen molar-refractivity contribution in [2.45, 2.75) is 25.9 Å². The van der Waals surface area contributed by atoms with Gasteiger partial charge in [0, 0.05) is 29.9 Å². The number of hydrogen-bond donors (Lipinski definition) is 2. The van der Waals surface area contributed by atoms with Crippen molar-refractivity contribution in [1.29, 1.82) is 0 Å². The molecule has 2 nitrogen and oxygen atoms in total. The maximum Gasteiger partial charge on any atom is 0.0414 e. The highest BCUT2D eigenvalue weighted by Gasteiger charge is 2.08. The number of H-pyrrole nitrogens is 1. The van der Waals surface area contributed by atoms with Gasteiger partial charge in [-0.05, 0) is 29.5 Å². The van der Waals surface area contributed by atoms with Crippen LogP contribution in [0, 0.1) is 0 Å². The third kappa shape index (κ3) is 2.70. The fourth-order valence-corrected chi connectivity index (χ4v) is 2.53. The van der Waals surface area contributed by atoms with E-state index in [1.54, 1.807) is 0 Å². The number of thiophene rings is 1. The molecule has 3 heteroatoms. The number of aromatic amines is 1. The van der Waals surface area contributed by atoms with E-state index in [9.17, 15) is 0 Å². The van der Waals surface area contributed by atoms with E-state index in [-0.39, 0.29) is 0 Å². The van der Waals surface area contributed by atoms with E-state index in [2.05, 4.69) is 40.8 Å². The van der Waals surface area contributed by atoms with Crippen LogP contribution >= 0.6 is 11.3 Å². The predicted octanol–water partition coefficient (Wildman–Crippen LogP) is 3.32. The summed E-state index contributed by atoms with van der Waals surface area (Å²) in [5.74, 6) is 0. The van der Waals surface area contributed by atoms with Gasteiger partial charge in [0.05, 0.1) is 0 Å². The Balaban J connectivity index is 1.92. The van der Waals surface area contributed by atoms with Crippen molar-refractivity contribution in [2.75, 3.05) is 0 Å². The highest BCUT2D eigenvalue weighted by molar-refractivity contribution is 7.10. The molecule has 0 amide bonds. The van der Waals surface area contributed by atoms with Crippen LogP contribution in [0.15, 0.2) is 36.0 Å². The van der Waals surface area contributed by atoms with Gasteiger partial charge in [0.2, 0.25) is 0 Å². The topological polar surface area (TPSA) is 27.8 Å². The summed E-state index contributed by atoms with van der Waals surface area (Å²) < 4.78 is 0. The Bertz CT molecular complexity index is 364. The molecule has 2 N–H and O–H groups in total. The molecule has 0 bridgehead atoms. The van der Waals surface area contributed by atoms with E-state index in [0.29, 0.717) is 6.04 Å². The average Bonchev–Trinajstić information content (AvgIpc) is 2.90. The van der Waals surface area contributed by atoms with Gasteiger partial charge < -0.3 is 10.3 Å². The fraction of sp³-hybridized carbons (Fsp3) is 0.333. The number of aromatic nitrogens is 1. The van der Waals surface area contributed by atoms with Crippen LogP contribution in [-0.2, 0) is 6.54 Å². The molecule has 15 heavy (non-hydrogen) atoms. The minimum Gasteiger partial charge on any atom is -0.367 e. The van der Waals surface area contributed by atoms with Gasteiger partial charge in [0.25, 0.3) is 0 Å². The minimum absolute atomic E-state index is 0.486. The Morgan fingerprint density at radius 2 is 2.40 bits per heavy atom. The second-order valence-electron chi connectivity index (χ2n) is 3.58. The lowest BCUT2D eigenvalue weighted by atomic mass is 10.2. The Kier molecular flexibility index (Phi) is 3.59. The summed E-state index contributed by atoms with van der Waals surface area (Å²) >= 11 is 1.82. The largest absolute Gasteiger partial charge is 0.367 e. The van der Waals surface area contributed by atoms with Gasteiger partial charge in [-0.3, -0.25) is 0 Å². The van der Waals surface area contributed by atoms with Crippen LogP contribution in [0.1, 0.15) is 29.8 Å². The molecule has 0 aromatic carbocycles. The van der Waals surface area contributed by atoms with Crippen molar-refractivity contribution < 1.29 is 0 Å². The summed E-state index contributed by atoms with van der Waals surface area (Å²) in [5.41, 5.74) is 1.31. The lowest BCUT2D eigenvalue weighted by molar-refractivity contribution is 0.527. The molecule has 0 radical (unpaired) electrons. The highest BCUT2D eigenvalue weighted by atomic mass is 32.1. The molecule has 0 fully saturated rings. The molecule has 80 valence electrons. The van der Waals surface area contributed by atoms with E-state index in [1.165, 1.54) is 10.4 Å². The van der Waals surface area contributed by atoms with Gasteiger partial charge in [-0.25, -0.2) is 0 Å². The first-order chi connectivity index (χ1) is 7.40. The lowest BCUT2D eigenvalue weighted by Crippen LogP contribution is -2.18. The van der Waals surface area contributed by atoms with Crippen LogP contribution in [0.2, 0.25) is 0 Å². The fourth-order valence-electron chi connectivity index (χ4n) is 1.65. The van der Waals surface area contributed by atoms with E-state index in [4.69, 9.17) is 0 Å². The Morgan fingerprint density at radius 3 is 3.00 bits per heavy atom. The first-order valence-electron chi connectivity index (χ1n) is 5.28. The molecule has 2 heterocycles. The molecule has 0 saturated carbocycles. The monoisotopic (exact) mass is 220 g/mol. The van der Waals surface area contributed by atoms with Crippen LogP contribution in [-0.4, -0.2) is 4.98 Å². The maximum absolute atomic E-state index is 3.56. The zero-order valence-corrected chi connectivity index (χ0v) is 9.68. The molecular formula is C12H16N2S. The molecule has 0 aliphatic carbocycles. The summed E-state index contributed by atoms with van der Waals surface area (Å²) in [7, 11) is 0. The number of hydrogen-bond acceptors (Lipinski definition) is 2. The Morgan fingerprint density at radius 1 is 1.47 bits per heavy atom. The SMILES string of the molecule is CCC(NCc1cc[nH]c1)c1cccs1. The normalized spacial score (nSPS) is 12.9. The van der Waals surface area contributed by atoms with E-state index in [1.807, 2.05) is 23.7 Å². The average molecular weight is 220 g/mol. The molecule has 1 unspecified atom stereocenters. The second kappa shape index (κ2) is 5.14. The van der Waals surface area contributed by atoms with Crippen LogP contribution < -0.4 is 5.32 Å². The molecule has 1 atom stereocenters.